The molecule has 6 atom stereocenters. The minimum atomic E-state index is -0.931. The van der Waals surface area contributed by atoms with E-state index in [1.54, 1.807) is 12.1 Å². The molecule has 6 rings (SSSR count). The zero-order valence-electron chi connectivity index (χ0n) is 23.2. The maximum Gasteiger partial charge on any atom is 0.335 e. The number of fused-ring (bicyclic) bond motifs is 3. The number of hydrogen-bond donors (Lipinski definition) is 2. The van der Waals surface area contributed by atoms with Gasteiger partial charge in [-0.3, -0.25) is 0 Å². The van der Waals surface area contributed by atoms with Gasteiger partial charge < -0.3 is 29.3 Å². The summed E-state index contributed by atoms with van der Waals surface area (Å²) >= 11 is 6.39. The van der Waals surface area contributed by atoms with E-state index in [9.17, 15) is 15.0 Å². The van der Waals surface area contributed by atoms with E-state index in [0.717, 1.165) is 74.5 Å². The van der Waals surface area contributed by atoms with E-state index in [0.29, 0.717) is 25.0 Å². The fourth-order valence-electron chi connectivity index (χ4n) is 7.43. The molecule has 2 aromatic carbocycles. The average molecular weight is 570 g/mol. The maximum atomic E-state index is 11.9. The molecule has 40 heavy (non-hydrogen) atoms. The van der Waals surface area contributed by atoms with Crippen molar-refractivity contribution >= 4 is 23.3 Å². The topological polar surface area (TPSA) is 88.5 Å². The molecule has 0 aromatic heterocycles. The number of carboxylic acid groups (broad SMARTS) is 1. The summed E-state index contributed by atoms with van der Waals surface area (Å²) in [5.41, 5.74) is 3.54. The van der Waals surface area contributed by atoms with Crippen molar-refractivity contribution in [1.29, 1.82) is 0 Å². The number of aliphatic hydroxyl groups is 1. The first-order chi connectivity index (χ1) is 19.3. The second kappa shape index (κ2) is 11.5. The molecule has 1 saturated carbocycles. The zero-order chi connectivity index (χ0) is 27.9. The van der Waals surface area contributed by atoms with Crippen LogP contribution in [0.25, 0.3) is 0 Å². The summed E-state index contributed by atoms with van der Waals surface area (Å²) in [5.74, 6) is 0.683. The molecule has 0 radical (unpaired) electrons. The Bertz CT molecular complexity index is 1240. The van der Waals surface area contributed by atoms with E-state index >= 15 is 0 Å². The van der Waals surface area contributed by atoms with Crippen LogP contribution in [0, 0.1) is 11.8 Å². The third-order valence-electron chi connectivity index (χ3n) is 9.64. The number of nitrogens with zero attached hydrogens (tertiary/aromatic N) is 1. The van der Waals surface area contributed by atoms with Crippen molar-refractivity contribution in [1.82, 2.24) is 0 Å². The molecule has 8 heteroatoms. The smallest absolute Gasteiger partial charge is 0.335 e. The highest BCUT2D eigenvalue weighted by Crippen LogP contribution is 2.47. The van der Waals surface area contributed by atoms with Crippen LogP contribution in [0.1, 0.15) is 66.9 Å². The Kier molecular flexibility index (Phi) is 8.01. The van der Waals surface area contributed by atoms with E-state index in [1.807, 2.05) is 19.1 Å². The molecule has 1 unspecified atom stereocenters. The molecule has 1 spiro atoms. The van der Waals surface area contributed by atoms with Crippen molar-refractivity contribution in [2.45, 2.75) is 75.6 Å². The second-order valence-corrected chi connectivity index (χ2v) is 12.7. The van der Waals surface area contributed by atoms with Gasteiger partial charge in [0, 0.05) is 36.6 Å². The number of rotatable bonds is 7. The van der Waals surface area contributed by atoms with Gasteiger partial charge in [0.05, 0.1) is 42.8 Å². The van der Waals surface area contributed by atoms with Crippen molar-refractivity contribution in [3.63, 3.8) is 0 Å². The minimum Gasteiger partial charge on any atom is -0.490 e. The summed E-state index contributed by atoms with van der Waals surface area (Å²) in [6.07, 6.45) is 7.13. The molecule has 2 N–H and O–H groups in total. The van der Waals surface area contributed by atoms with Gasteiger partial charge in [-0.2, -0.15) is 0 Å². The number of aryl methyl sites for hydroxylation is 1. The molecule has 2 heterocycles. The third-order valence-corrected chi connectivity index (χ3v) is 9.88. The van der Waals surface area contributed by atoms with Crippen LogP contribution >= 0.6 is 11.6 Å². The van der Waals surface area contributed by atoms with Crippen LogP contribution in [0.15, 0.2) is 36.4 Å². The number of hydrogen-bond acceptors (Lipinski definition) is 6. The van der Waals surface area contributed by atoms with Crippen LogP contribution in [0.5, 0.6) is 5.75 Å². The number of anilines is 1. The van der Waals surface area contributed by atoms with Gasteiger partial charge in [0.15, 0.2) is 0 Å². The Labute approximate surface area is 241 Å². The summed E-state index contributed by atoms with van der Waals surface area (Å²) in [4.78, 5) is 14.3. The Hall–Kier alpha value is -2.32. The monoisotopic (exact) mass is 569 g/mol. The first-order valence-corrected chi connectivity index (χ1v) is 15.1. The normalized spacial score (nSPS) is 30.4. The van der Waals surface area contributed by atoms with Gasteiger partial charge in [-0.15, -0.1) is 0 Å². The number of aromatic carboxylic acids is 1. The van der Waals surface area contributed by atoms with Gasteiger partial charge >= 0.3 is 5.97 Å². The Morgan fingerprint density at radius 3 is 2.88 bits per heavy atom. The minimum absolute atomic E-state index is 0.0277. The van der Waals surface area contributed by atoms with Crippen LogP contribution < -0.4 is 9.64 Å². The molecule has 0 amide bonds. The van der Waals surface area contributed by atoms with Crippen LogP contribution in [0.2, 0.25) is 5.02 Å². The number of ether oxygens (including phenoxy) is 3. The highest BCUT2D eigenvalue weighted by atomic mass is 35.5. The van der Waals surface area contributed by atoms with E-state index in [-0.39, 0.29) is 35.9 Å². The summed E-state index contributed by atoms with van der Waals surface area (Å²) < 4.78 is 18.9. The number of aliphatic hydroxyl groups excluding tert-OH is 1. The summed E-state index contributed by atoms with van der Waals surface area (Å²) in [6.45, 7) is 4.77. The predicted molar refractivity (Wildman–Crippen MR) is 154 cm³/mol. The molecular formula is C32H40ClNO6. The van der Waals surface area contributed by atoms with Gasteiger partial charge in [0.25, 0.3) is 0 Å². The Morgan fingerprint density at radius 2 is 2.10 bits per heavy atom. The van der Waals surface area contributed by atoms with Gasteiger partial charge in [-0.05, 0) is 98.7 Å². The highest BCUT2D eigenvalue weighted by Gasteiger charge is 2.45. The average Bonchev–Trinajstić information content (AvgIpc) is 3.08. The summed E-state index contributed by atoms with van der Waals surface area (Å²) in [7, 11) is 0. The molecule has 0 bridgehead atoms. The molecule has 2 aromatic rings. The number of carbonyl (C=O) groups is 1. The van der Waals surface area contributed by atoms with Crippen molar-refractivity contribution in [3.8, 4) is 5.75 Å². The lowest BCUT2D eigenvalue weighted by Gasteiger charge is -2.48. The zero-order valence-corrected chi connectivity index (χ0v) is 23.9. The third kappa shape index (κ3) is 5.46. The van der Waals surface area contributed by atoms with Crippen molar-refractivity contribution in [3.05, 3.63) is 58.1 Å². The quantitative estimate of drug-likeness (QED) is 0.456. The maximum absolute atomic E-state index is 11.9. The Morgan fingerprint density at radius 1 is 1.23 bits per heavy atom. The predicted octanol–water partition coefficient (Wildman–Crippen LogP) is 5.48. The lowest BCUT2D eigenvalue weighted by Crippen LogP contribution is -2.51. The number of benzene rings is 2. The summed E-state index contributed by atoms with van der Waals surface area (Å²) in [5, 5.41) is 20.0. The van der Waals surface area contributed by atoms with Crippen molar-refractivity contribution in [2.24, 2.45) is 11.8 Å². The molecule has 2 aliphatic heterocycles. The first-order valence-electron chi connectivity index (χ1n) is 14.8. The molecule has 7 nitrogen and oxygen atoms in total. The van der Waals surface area contributed by atoms with Crippen molar-refractivity contribution in [2.75, 3.05) is 37.8 Å². The van der Waals surface area contributed by atoms with E-state index < -0.39 is 5.97 Å². The SMILES string of the molecule is C[C@@H](CO)O[C@@H]1CCO[C@H]([C@@H]2CC[C@H]2CN2CC3(CCCc4cc(Cl)ccc43)COc3ccc(C(=O)O)cc32)C1. The van der Waals surface area contributed by atoms with Crippen LogP contribution in [0.4, 0.5) is 5.69 Å². The second-order valence-electron chi connectivity index (χ2n) is 12.3. The molecule has 1 saturated heterocycles. The fourth-order valence-corrected chi connectivity index (χ4v) is 7.63. The van der Waals surface area contributed by atoms with Gasteiger partial charge in [-0.25, -0.2) is 4.79 Å². The summed E-state index contributed by atoms with van der Waals surface area (Å²) in [6, 6.07) is 11.5. The van der Waals surface area contributed by atoms with Crippen LogP contribution in [-0.4, -0.2) is 67.4 Å². The van der Waals surface area contributed by atoms with Crippen LogP contribution in [0.3, 0.4) is 0 Å². The van der Waals surface area contributed by atoms with E-state index in [4.69, 9.17) is 25.8 Å². The first kappa shape index (κ1) is 27.8. The lowest BCUT2D eigenvalue weighted by molar-refractivity contribution is -0.134. The molecule has 216 valence electrons. The van der Waals surface area contributed by atoms with Gasteiger partial charge in [0.1, 0.15) is 5.75 Å². The number of carboxylic acids is 1. The van der Waals surface area contributed by atoms with Gasteiger partial charge in [-0.1, -0.05) is 17.7 Å². The molecule has 2 fully saturated rings. The van der Waals surface area contributed by atoms with Gasteiger partial charge in [0.2, 0.25) is 0 Å². The highest BCUT2D eigenvalue weighted by molar-refractivity contribution is 6.30. The van der Waals surface area contributed by atoms with Crippen LogP contribution in [-0.2, 0) is 21.3 Å². The van der Waals surface area contributed by atoms with Crippen molar-refractivity contribution < 1.29 is 29.2 Å². The lowest BCUT2D eigenvalue weighted by atomic mass is 9.67. The number of halogens is 1. The molecule has 2 aliphatic carbocycles. The standard InChI is InChI=1S/C32H40ClNO6/c1-20(17-35)40-25-10-12-38-30(15-25)26-7-4-23(26)16-34-18-32(11-2-3-21-13-24(33)6-8-27(21)32)19-39-29-9-5-22(31(36)37)14-28(29)34/h5-6,8-9,13-14,20,23,25-26,30,35H,2-4,7,10-12,15-19H2,1H3,(H,36,37)/t20-,23-,25+,26+,30-,32?/m0/s1. The fraction of sp³-hybridized carbons (Fsp3) is 0.594. The molecular weight excluding hydrogens is 530 g/mol. The van der Waals surface area contributed by atoms with E-state index in [2.05, 4.69) is 17.0 Å². The van der Waals surface area contributed by atoms with E-state index in [1.165, 1.54) is 11.1 Å². The largest absolute Gasteiger partial charge is 0.490 e. The Balaban J connectivity index is 1.28. The molecule has 4 aliphatic rings.